The van der Waals surface area contributed by atoms with Crippen molar-refractivity contribution < 1.29 is 23.1 Å². The molecule has 1 aliphatic rings. The van der Waals surface area contributed by atoms with Crippen molar-refractivity contribution in [2.75, 3.05) is 18.4 Å². The van der Waals surface area contributed by atoms with Crippen LogP contribution in [0.5, 0.6) is 0 Å². The van der Waals surface area contributed by atoms with Gasteiger partial charge in [0, 0.05) is 11.7 Å². The average Bonchev–Trinajstić information content (AvgIpc) is 2.46. The Morgan fingerprint density at radius 1 is 1.43 bits per heavy atom. The van der Waals surface area contributed by atoms with Crippen molar-refractivity contribution in [2.24, 2.45) is 0 Å². The SMILES string of the molecule is CC(O)C1CCCCN1CC(=O)Nc1cccc(C(F)(F)F)c1. The monoisotopic (exact) mass is 330 g/mol. The van der Waals surface area contributed by atoms with E-state index in [-0.39, 0.29) is 24.2 Å². The number of hydrogen-bond acceptors (Lipinski definition) is 3. The maximum absolute atomic E-state index is 12.7. The van der Waals surface area contributed by atoms with E-state index in [4.69, 9.17) is 0 Å². The minimum absolute atomic E-state index is 0.0613. The van der Waals surface area contributed by atoms with Crippen LogP contribution in [0.25, 0.3) is 0 Å². The van der Waals surface area contributed by atoms with E-state index in [0.29, 0.717) is 6.54 Å². The van der Waals surface area contributed by atoms with Crippen LogP contribution in [0.3, 0.4) is 0 Å². The third-order valence-electron chi connectivity index (χ3n) is 4.04. The number of anilines is 1. The van der Waals surface area contributed by atoms with Gasteiger partial charge in [0.25, 0.3) is 0 Å². The fourth-order valence-corrected chi connectivity index (χ4v) is 2.92. The van der Waals surface area contributed by atoms with E-state index < -0.39 is 17.8 Å². The lowest BCUT2D eigenvalue weighted by Gasteiger charge is -2.36. The van der Waals surface area contributed by atoms with Crippen LogP contribution < -0.4 is 5.32 Å². The number of piperidine rings is 1. The average molecular weight is 330 g/mol. The smallest absolute Gasteiger partial charge is 0.392 e. The zero-order chi connectivity index (χ0) is 17.0. The van der Waals surface area contributed by atoms with E-state index in [1.54, 1.807) is 6.92 Å². The second-order valence-corrected chi connectivity index (χ2v) is 5.90. The summed E-state index contributed by atoms with van der Waals surface area (Å²) in [6.07, 6.45) is -2.22. The number of aliphatic hydroxyl groups excluding tert-OH is 1. The van der Waals surface area contributed by atoms with E-state index in [1.165, 1.54) is 12.1 Å². The number of halogens is 3. The second-order valence-electron chi connectivity index (χ2n) is 5.90. The Bertz CT molecular complexity index is 546. The first-order chi connectivity index (χ1) is 10.8. The van der Waals surface area contributed by atoms with Crippen LogP contribution in [0.1, 0.15) is 31.7 Å². The summed E-state index contributed by atoms with van der Waals surface area (Å²) in [5.74, 6) is -0.378. The first kappa shape index (κ1) is 17.7. The molecule has 0 aromatic heterocycles. The molecule has 1 aliphatic heterocycles. The van der Waals surface area contributed by atoms with Gasteiger partial charge in [-0.25, -0.2) is 0 Å². The molecule has 23 heavy (non-hydrogen) atoms. The highest BCUT2D eigenvalue weighted by atomic mass is 19.4. The van der Waals surface area contributed by atoms with Crippen molar-refractivity contribution in [1.29, 1.82) is 0 Å². The molecule has 0 spiro atoms. The highest BCUT2D eigenvalue weighted by Gasteiger charge is 2.31. The molecule has 0 bridgehead atoms. The Balaban J connectivity index is 1.99. The van der Waals surface area contributed by atoms with Gasteiger partial charge in [0.15, 0.2) is 0 Å². The van der Waals surface area contributed by atoms with Crippen LogP contribution in [0.2, 0.25) is 0 Å². The Morgan fingerprint density at radius 3 is 2.83 bits per heavy atom. The van der Waals surface area contributed by atoms with Gasteiger partial charge in [-0.3, -0.25) is 9.69 Å². The lowest BCUT2D eigenvalue weighted by Crippen LogP contribution is -2.48. The van der Waals surface area contributed by atoms with Crippen LogP contribution in [0, 0.1) is 0 Å². The minimum atomic E-state index is -4.44. The molecule has 1 fully saturated rings. The van der Waals surface area contributed by atoms with Crippen molar-refractivity contribution in [1.82, 2.24) is 4.90 Å². The van der Waals surface area contributed by atoms with Crippen LogP contribution in [-0.4, -0.2) is 41.1 Å². The largest absolute Gasteiger partial charge is 0.416 e. The molecule has 128 valence electrons. The second kappa shape index (κ2) is 7.31. The van der Waals surface area contributed by atoms with E-state index in [0.717, 1.165) is 31.4 Å². The predicted octanol–water partition coefficient (Wildman–Crippen LogP) is 2.88. The molecule has 0 radical (unpaired) electrons. The molecule has 1 aromatic carbocycles. The standard InChI is InChI=1S/C16H21F3N2O2/c1-11(22)14-7-2-3-8-21(14)10-15(23)20-13-6-4-5-12(9-13)16(17,18)19/h4-6,9,11,14,22H,2-3,7-8,10H2,1H3,(H,20,23). The minimum Gasteiger partial charge on any atom is -0.392 e. The maximum atomic E-state index is 12.7. The predicted molar refractivity (Wildman–Crippen MR) is 81.0 cm³/mol. The van der Waals surface area contributed by atoms with Gasteiger partial charge in [-0.15, -0.1) is 0 Å². The number of benzene rings is 1. The van der Waals surface area contributed by atoms with E-state index >= 15 is 0 Å². The Hall–Kier alpha value is -1.60. The first-order valence-corrected chi connectivity index (χ1v) is 7.66. The Morgan fingerprint density at radius 2 is 2.17 bits per heavy atom. The van der Waals surface area contributed by atoms with Crippen molar-refractivity contribution in [3.05, 3.63) is 29.8 Å². The summed E-state index contributed by atoms with van der Waals surface area (Å²) in [5.41, 5.74) is -0.675. The molecular formula is C16H21F3N2O2. The molecule has 1 heterocycles. The quantitative estimate of drug-likeness (QED) is 0.892. The van der Waals surface area contributed by atoms with Gasteiger partial charge >= 0.3 is 6.18 Å². The Kier molecular flexibility index (Phi) is 5.64. The van der Waals surface area contributed by atoms with E-state index in [1.807, 2.05) is 4.90 Å². The number of nitrogens with zero attached hydrogens (tertiary/aromatic N) is 1. The van der Waals surface area contributed by atoms with E-state index in [2.05, 4.69) is 5.32 Å². The fourth-order valence-electron chi connectivity index (χ4n) is 2.92. The lowest BCUT2D eigenvalue weighted by molar-refractivity contribution is -0.137. The molecule has 7 heteroatoms. The van der Waals surface area contributed by atoms with Gasteiger partial charge in [0.1, 0.15) is 0 Å². The summed E-state index contributed by atoms with van der Waals surface area (Å²) in [7, 11) is 0. The number of likely N-dealkylation sites (tertiary alicyclic amines) is 1. The number of aliphatic hydroxyl groups is 1. The van der Waals surface area contributed by atoms with Crippen LogP contribution in [0.15, 0.2) is 24.3 Å². The first-order valence-electron chi connectivity index (χ1n) is 7.66. The number of carbonyl (C=O) groups is 1. The fraction of sp³-hybridized carbons (Fsp3) is 0.562. The van der Waals surface area contributed by atoms with Gasteiger partial charge in [0.2, 0.25) is 5.91 Å². The van der Waals surface area contributed by atoms with Gasteiger partial charge in [-0.05, 0) is 44.5 Å². The summed E-state index contributed by atoms with van der Waals surface area (Å²) in [5, 5.41) is 12.3. The molecule has 1 aromatic rings. The summed E-state index contributed by atoms with van der Waals surface area (Å²) < 4.78 is 38.0. The molecule has 0 aliphatic carbocycles. The summed E-state index contributed by atoms with van der Waals surface area (Å²) in [6.45, 7) is 2.45. The summed E-state index contributed by atoms with van der Waals surface area (Å²) in [6, 6.07) is 4.48. The van der Waals surface area contributed by atoms with Gasteiger partial charge in [-0.2, -0.15) is 13.2 Å². The number of nitrogens with one attached hydrogen (secondary N) is 1. The molecule has 0 saturated carbocycles. The molecule has 1 saturated heterocycles. The highest BCUT2D eigenvalue weighted by Crippen LogP contribution is 2.30. The molecule has 2 atom stereocenters. The number of hydrogen-bond donors (Lipinski definition) is 2. The molecular weight excluding hydrogens is 309 g/mol. The van der Waals surface area contributed by atoms with Crippen molar-refractivity contribution in [3.8, 4) is 0 Å². The van der Waals surface area contributed by atoms with Crippen molar-refractivity contribution in [3.63, 3.8) is 0 Å². The van der Waals surface area contributed by atoms with E-state index in [9.17, 15) is 23.1 Å². The zero-order valence-corrected chi connectivity index (χ0v) is 12.9. The van der Waals surface area contributed by atoms with Gasteiger partial charge < -0.3 is 10.4 Å². The van der Waals surface area contributed by atoms with Crippen LogP contribution in [-0.2, 0) is 11.0 Å². The summed E-state index contributed by atoms with van der Waals surface area (Å²) >= 11 is 0. The molecule has 2 rings (SSSR count). The number of rotatable bonds is 4. The number of amides is 1. The third-order valence-corrected chi connectivity index (χ3v) is 4.04. The van der Waals surface area contributed by atoms with Crippen LogP contribution in [0.4, 0.5) is 18.9 Å². The number of carbonyl (C=O) groups excluding carboxylic acids is 1. The third kappa shape index (κ3) is 4.94. The lowest BCUT2D eigenvalue weighted by atomic mass is 9.98. The van der Waals surface area contributed by atoms with Gasteiger partial charge in [0.05, 0.1) is 18.2 Å². The zero-order valence-electron chi connectivity index (χ0n) is 12.9. The molecule has 2 unspecified atom stereocenters. The topological polar surface area (TPSA) is 52.6 Å². The summed E-state index contributed by atoms with van der Waals surface area (Å²) in [4.78, 5) is 14.0. The number of alkyl halides is 3. The molecule has 4 nitrogen and oxygen atoms in total. The Labute approximate surface area is 133 Å². The molecule has 2 N–H and O–H groups in total. The molecule has 1 amide bonds. The van der Waals surface area contributed by atoms with Crippen molar-refractivity contribution >= 4 is 11.6 Å². The van der Waals surface area contributed by atoms with Crippen LogP contribution >= 0.6 is 0 Å². The highest BCUT2D eigenvalue weighted by molar-refractivity contribution is 5.92. The van der Waals surface area contributed by atoms with Gasteiger partial charge in [-0.1, -0.05) is 12.5 Å². The van der Waals surface area contributed by atoms with Crippen molar-refractivity contribution in [2.45, 2.75) is 44.5 Å². The normalized spacial score (nSPS) is 21.0. The maximum Gasteiger partial charge on any atom is 0.416 e.